The smallest absolute Gasteiger partial charge is 0.413 e. The number of methoxy groups -OCH3 is 4. The van der Waals surface area contributed by atoms with Crippen LogP contribution in [0.2, 0.25) is 0 Å². The van der Waals surface area contributed by atoms with E-state index in [0.717, 1.165) is 37.1 Å². The highest BCUT2D eigenvalue weighted by atomic mass is 16.6. The third-order valence-electron chi connectivity index (χ3n) is 14.0. The van der Waals surface area contributed by atoms with Gasteiger partial charge in [0.1, 0.15) is 39.9 Å². The van der Waals surface area contributed by atoms with E-state index in [9.17, 15) is 33.9 Å². The summed E-state index contributed by atoms with van der Waals surface area (Å²) in [6.07, 6.45) is 2.17. The zero-order valence-electron chi connectivity index (χ0n) is 54.6. The SMILES string of the molecule is CCC(C)(CC)c1cc(NC(=O)c2c(OC)cccc2OC)on1.CCC(C)(CC)c1cc(NC(=O)c2c(OC)cccc2OC)on1.CN(C)C(=O)Nc1cccc(N(C(=O)O)C(C)(C)C)c1.CN(C)C(=O)Nc1cccc(OC(=O)NC(C)(C)C)c1. The first-order valence-corrected chi connectivity index (χ1v) is 28.5. The van der Waals surface area contributed by atoms with E-state index in [2.05, 4.69) is 78.4 Å². The Balaban J connectivity index is 0.000000308. The lowest BCUT2D eigenvalue weighted by atomic mass is 9.81. The fourth-order valence-electron chi connectivity index (χ4n) is 8.01. The molecule has 2 heterocycles. The second-order valence-electron chi connectivity index (χ2n) is 23.0. The van der Waals surface area contributed by atoms with Crippen LogP contribution in [0.25, 0.3) is 0 Å². The molecule has 8 amide bonds. The van der Waals surface area contributed by atoms with Gasteiger partial charge in [0.15, 0.2) is 0 Å². The van der Waals surface area contributed by atoms with E-state index < -0.39 is 17.7 Å². The highest BCUT2D eigenvalue weighted by molar-refractivity contribution is 6.08. The summed E-state index contributed by atoms with van der Waals surface area (Å²) in [7, 11) is 12.6. The third-order valence-corrected chi connectivity index (χ3v) is 14.0. The zero-order chi connectivity index (χ0) is 66.3. The first-order chi connectivity index (χ1) is 41.3. The Hall–Kier alpha value is -9.48. The summed E-state index contributed by atoms with van der Waals surface area (Å²) < 4.78 is 36.8. The lowest BCUT2D eigenvalue weighted by Gasteiger charge is -2.33. The molecule has 0 bridgehead atoms. The molecule has 0 saturated carbocycles. The second kappa shape index (κ2) is 32.9. The molecule has 480 valence electrons. The van der Waals surface area contributed by atoms with Gasteiger partial charge in [0.25, 0.3) is 11.8 Å². The van der Waals surface area contributed by atoms with Gasteiger partial charge in [0, 0.05) is 85.4 Å². The average molecular weight is 1220 g/mol. The first kappa shape index (κ1) is 72.8. The van der Waals surface area contributed by atoms with Crippen molar-refractivity contribution in [1.82, 2.24) is 25.4 Å². The van der Waals surface area contributed by atoms with Gasteiger partial charge in [0.2, 0.25) is 11.8 Å². The van der Waals surface area contributed by atoms with Crippen molar-refractivity contribution in [2.75, 3.05) is 82.8 Å². The van der Waals surface area contributed by atoms with E-state index in [1.165, 1.54) is 43.1 Å². The Morgan fingerprint density at radius 3 is 1.20 bits per heavy atom. The first-order valence-electron chi connectivity index (χ1n) is 28.5. The van der Waals surface area contributed by atoms with Gasteiger partial charge >= 0.3 is 24.2 Å². The molecule has 88 heavy (non-hydrogen) atoms. The van der Waals surface area contributed by atoms with Crippen molar-refractivity contribution in [2.24, 2.45) is 0 Å². The molecular formula is C64H90N10O14. The van der Waals surface area contributed by atoms with Crippen LogP contribution in [0.3, 0.4) is 0 Å². The van der Waals surface area contributed by atoms with E-state index in [-0.39, 0.29) is 40.2 Å². The summed E-state index contributed by atoms with van der Waals surface area (Å²) in [5.74, 6) is 1.94. The minimum atomic E-state index is -1.03. The Bertz CT molecular complexity index is 3090. The van der Waals surface area contributed by atoms with Crippen LogP contribution in [-0.4, -0.2) is 129 Å². The molecule has 2 aromatic heterocycles. The molecule has 0 aliphatic heterocycles. The van der Waals surface area contributed by atoms with Crippen LogP contribution in [0, 0.1) is 0 Å². The van der Waals surface area contributed by atoms with Gasteiger partial charge in [-0.2, -0.15) is 0 Å². The molecule has 6 rings (SSSR count). The number of amides is 8. The molecule has 0 fully saturated rings. The number of ether oxygens (including phenoxy) is 5. The third kappa shape index (κ3) is 21.2. The van der Waals surface area contributed by atoms with Crippen LogP contribution in [-0.2, 0) is 10.8 Å². The number of carbonyl (C=O) groups excluding carboxylic acids is 5. The van der Waals surface area contributed by atoms with Crippen molar-refractivity contribution >= 4 is 64.9 Å². The van der Waals surface area contributed by atoms with Crippen molar-refractivity contribution in [1.29, 1.82) is 0 Å². The van der Waals surface area contributed by atoms with Crippen LogP contribution in [0.1, 0.15) is 141 Å². The quantitative estimate of drug-likeness (QED) is 0.0466. The van der Waals surface area contributed by atoms with Gasteiger partial charge in [-0.15, -0.1) is 0 Å². The molecule has 0 aliphatic rings. The molecule has 24 heteroatoms. The van der Waals surface area contributed by atoms with Gasteiger partial charge in [-0.05, 0) is 122 Å². The van der Waals surface area contributed by atoms with Gasteiger partial charge in [0.05, 0.1) is 39.8 Å². The molecule has 0 spiro atoms. The minimum absolute atomic E-state index is 0.0748. The molecule has 24 nitrogen and oxygen atoms in total. The Morgan fingerprint density at radius 2 is 0.875 bits per heavy atom. The molecule has 0 radical (unpaired) electrons. The van der Waals surface area contributed by atoms with E-state index in [1.807, 2.05) is 41.5 Å². The van der Waals surface area contributed by atoms with E-state index in [4.69, 9.17) is 32.7 Å². The molecule has 6 aromatic rings. The highest BCUT2D eigenvalue weighted by Gasteiger charge is 2.31. The summed E-state index contributed by atoms with van der Waals surface area (Å²) in [5, 5.41) is 31.1. The van der Waals surface area contributed by atoms with E-state index in [0.29, 0.717) is 68.7 Å². The Labute approximate surface area is 516 Å². The van der Waals surface area contributed by atoms with Crippen LogP contribution in [0.15, 0.2) is 106 Å². The van der Waals surface area contributed by atoms with Crippen molar-refractivity contribution in [3.8, 4) is 28.7 Å². The zero-order valence-corrected chi connectivity index (χ0v) is 54.6. The van der Waals surface area contributed by atoms with E-state index in [1.54, 1.807) is 125 Å². The van der Waals surface area contributed by atoms with Crippen LogP contribution < -0.4 is 55.2 Å². The number of urea groups is 2. The van der Waals surface area contributed by atoms with E-state index >= 15 is 0 Å². The topological polar surface area (TPSA) is 291 Å². The number of benzene rings is 4. The molecule has 0 atom stereocenters. The summed E-state index contributed by atoms with van der Waals surface area (Å²) >= 11 is 0. The van der Waals surface area contributed by atoms with Crippen LogP contribution >= 0.6 is 0 Å². The standard InChI is InChI=1S/2C18H24N2O4.2C14H21N3O3/c2*1-6-18(3,7-2)14-11-15(24-20-14)19-17(21)16-12(22-4)9-8-10-13(16)23-5;1-14(2,3)16-13(19)20-11-8-6-7-10(9-11)15-12(18)17(4)5;1-14(2,3)17(13(19)20)11-8-6-7-10(9-11)15-12(18)16(4)5/h2*8-11H,6-7H2,1-5H3,(H,19,21);6-9H,1-5H3,(H,15,18)(H,16,19);6-9H,1-5H3,(H,15,18)(H,19,20). The molecule has 4 aromatic carbocycles. The number of hydrogen-bond donors (Lipinski definition) is 6. The van der Waals surface area contributed by atoms with Gasteiger partial charge in [-0.3, -0.25) is 25.1 Å². The van der Waals surface area contributed by atoms with Crippen LogP contribution in [0.5, 0.6) is 28.7 Å². The predicted molar refractivity (Wildman–Crippen MR) is 341 cm³/mol. The summed E-state index contributed by atoms with van der Waals surface area (Å²) in [4.78, 5) is 75.5. The van der Waals surface area contributed by atoms with Crippen molar-refractivity contribution < 1.29 is 66.6 Å². The number of carbonyl (C=O) groups is 6. The maximum atomic E-state index is 12.6. The van der Waals surface area contributed by atoms with Gasteiger partial charge < -0.3 is 63.6 Å². The van der Waals surface area contributed by atoms with Crippen molar-refractivity contribution in [3.05, 3.63) is 120 Å². The van der Waals surface area contributed by atoms with Crippen LogP contribution in [0.4, 0.5) is 48.0 Å². The number of carboxylic acid groups (broad SMARTS) is 1. The molecule has 6 N–H and O–H groups in total. The number of nitrogens with one attached hydrogen (secondary N) is 5. The maximum Gasteiger partial charge on any atom is 0.413 e. The number of rotatable bonds is 18. The summed E-state index contributed by atoms with van der Waals surface area (Å²) in [5.41, 5.74) is 2.82. The maximum absolute atomic E-state index is 12.6. The lowest BCUT2D eigenvalue weighted by molar-refractivity contribution is 0.100. The number of aromatic nitrogens is 2. The molecular weight excluding hydrogens is 1130 g/mol. The van der Waals surface area contributed by atoms with Crippen molar-refractivity contribution in [3.63, 3.8) is 0 Å². The Kier molecular flexibility index (Phi) is 27.2. The number of nitrogens with zero attached hydrogens (tertiary/aromatic N) is 5. The summed E-state index contributed by atoms with van der Waals surface area (Å²) in [6.45, 7) is 23.7. The predicted octanol–water partition coefficient (Wildman–Crippen LogP) is 13.8. The fourth-order valence-corrected chi connectivity index (χ4v) is 8.01. The monoisotopic (exact) mass is 1220 g/mol. The fraction of sp³-hybridized carbons (Fsp3) is 0.438. The molecule has 0 aliphatic carbocycles. The normalized spacial score (nSPS) is 11.0. The average Bonchev–Trinajstić information content (AvgIpc) is 2.31. The molecule has 0 unspecified atom stereocenters. The van der Waals surface area contributed by atoms with Gasteiger partial charge in [-0.1, -0.05) is 76.1 Å². The van der Waals surface area contributed by atoms with Gasteiger partial charge in [-0.25, -0.2) is 19.2 Å². The number of hydrogen-bond acceptors (Lipinski definition) is 15. The number of anilines is 5. The second-order valence-corrected chi connectivity index (χ2v) is 23.0. The lowest BCUT2D eigenvalue weighted by Crippen LogP contribution is -2.45. The highest BCUT2D eigenvalue weighted by Crippen LogP contribution is 2.35. The molecule has 0 saturated heterocycles. The Morgan fingerprint density at radius 1 is 0.511 bits per heavy atom. The van der Waals surface area contributed by atoms with Crippen molar-refractivity contribution in [2.45, 2.75) is 131 Å². The summed E-state index contributed by atoms with van der Waals surface area (Å²) in [6, 6.07) is 26.8. The minimum Gasteiger partial charge on any atom is -0.496 e. The largest absolute Gasteiger partial charge is 0.496 e.